The van der Waals surface area contributed by atoms with Gasteiger partial charge < -0.3 is 10.1 Å². The molecule has 0 spiro atoms. The lowest BCUT2D eigenvalue weighted by molar-refractivity contribution is -0.138. The van der Waals surface area contributed by atoms with Gasteiger partial charge >= 0.3 is 12.1 Å². The van der Waals surface area contributed by atoms with Gasteiger partial charge in [0, 0.05) is 0 Å². The Morgan fingerprint density at radius 2 is 2.31 bits per heavy atom. The molecule has 7 heteroatoms. The molecule has 0 aromatic carbocycles. The summed E-state index contributed by atoms with van der Waals surface area (Å²) in [6, 6.07) is -0.480. The van der Waals surface area contributed by atoms with Crippen molar-refractivity contribution in [2.24, 2.45) is 0 Å². The summed E-state index contributed by atoms with van der Waals surface area (Å²) >= 11 is 1.53. The Labute approximate surface area is 95.4 Å². The van der Waals surface area contributed by atoms with E-state index >= 15 is 0 Å². The summed E-state index contributed by atoms with van der Waals surface area (Å²) < 4.78 is 42.0. The van der Waals surface area contributed by atoms with Crippen molar-refractivity contribution in [2.45, 2.75) is 18.6 Å². The van der Waals surface area contributed by atoms with Crippen molar-refractivity contribution in [2.75, 3.05) is 18.6 Å². The zero-order valence-corrected chi connectivity index (χ0v) is 9.45. The molecular formula is C9H12F3NO2S. The molecular weight excluding hydrogens is 243 g/mol. The SMILES string of the molecule is CSCC[C@H]1COC(=O)C=C(C(F)(F)F)N1. The molecule has 0 aromatic heterocycles. The third-order valence-electron chi connectivity index (χ3n) is 2.02. The number of cyclic esters (lactones) is 1. The van der Waals surface area contributed by atoms with E-state index in [0.717, 1.165) is 0 Å². The van der Waals surface area contributed by atoms with E-state index in [2.05, 4.69) is 10.1 Å². The summed E-state index contributed by atoms with van der Waals surface area (Å²) in [6.45, 7) is -0.0323. The molecule has 1 rings (SSSR count). The summed E-state index contributed by atoms with van der Waals surface area (Å²) in [5.74, 6) is -0.244. The van der Waals surface area contributed by atoms with Crippen LogP contribution in [0.5, 0.6) is 0 Å². The third kappa shape index (κ3) is 3.96. The molecule has 0 saturated heterocycles. The third-order valence-corrected chi connectivity index (χ3v) is 2.67. The second kappa shape index (κ2) is 5.47. The molecule has 0 aromatic rings. The molecule has 0 bridgehead atoms. The van der Waals surface area contributed by atoms with Crippen LogP contribution in [0.25, 0.3) is 0 Å². The molecule has 0 unspecified atom stereocenters. The summed E-state index contributed by atoms with van der Waals surface area (Å²) in [5.41, 5.74) is -1.03. The largest absolute Gasteiger partial charge is 0.460 e. The summed E-state index contributed by atoms with van der Waals surface area (Å²) in [6.07, 6.45) is -1.70. The molecule has 0 aliphatic carbocycles. The first kappa shape index (κ1) is 13.2. The van der Waals surface area contributed by atoms with Gasteiger partial charge in [0.2, 0.25) is 0 Å². The zero-order chi connectivity index (χ0) is 12.2. The smallest absolute Gasteiger partial charge is 0.431 e. The fourth-order valence-electron chi connectivity index (χ4n) is 1.22. The van der Waals surface area contributed by atoms with Gasteiger partial charge in [0.25, 0.3) is 0 Å². The van der Waals surface area contributed by atoms with Gasteiger partial charge in [0.05, 0.1) is 12.1 Å². The van der Waals surface area contributed by atoms with Crippen LogP contribution in [0, 0.1) is 0 Å². The summed E-state index contributed by atoms with van der Waals surface area (Å²) in [7, 11) is 0. The number of alkyl halides is 3. The Kier molecular flexibility index (Phi) is 4.52. The normalized spacial score (nSPS) is 21.9. The number of esters is 1. The van der Waals surface area contributed by atoms with Crippen molar-refractivity contribution in [1.82, 2.24) is 5.32 Å². The van der Waals surface area contributed by atoms with Gasteiger partial charge in [-0.1, -0.05) is 0 Å². The van der Waals surface area contributed by atoms with Gasteiger partial charge in [-0.05, 0) is 18.4 Å². The lowest BCUT2D eigenvalue weighted by atomic mass is 10.2. The number of hydrogen-bond donors (Lipinski definition) is 1. The Morgan fingerprint density at radius 3 is 2.88 bits per heavy atom. The molecule has 0 amide bonds. The van der Waals surface area contributed by atoms with Crippen molar-refractivity contribution in [3.05, 3.63) is 11.8 Å². The van der Waals surface area contributed by atoms with Crippen LogP contribution in [-0.4, -0.2) is 36.8 Å². The Morgan fingerprint density at radius 1 is 1.62 bits per heavy atom. The van der Waals surface area contributed by atoms with Crippen LogP contribution in [0.4, 0.5) is 13.2 Å². The molecule has 0 fully saturated rings. The highest BCUT2D eigenvalue weighted by molar-refractivity contribution is 7.98. The molecule has 1 aliphatic heterocycles. The maximum Gasteiger partial charge on any atom is 0.431 e. The molecule has 1 N–H and O–H groups in total. The van der Waals surface area contributed by atoms with Crippen LogP contribution < -0.4 is 5.32 Å². The number of carbonyl (C=O) groups excluding carboxylic acids is 1. The first-order chi connectivity index (χ1) is 7.43. The van der Waals surface area contributed by atoms with E-state index in [0.29, 0.717) is 18.2 Å². The van der Waals surface area contributed by atoms with Crippen LogP contribution >= 0.6 is 11.8 Å². The Hall–Kier alpha value is -0.850. The van der Waals surface area contributed by atoms with Crippen molar-refractivity contribution >= 4 is 17.7 Å². The van der Waals surface area contributed by atoms with E-state index in [1.165, 1.54) is 11.8 Å². The minimum atomic E-state index is -4.54. The highest BCUT2D eigenvalue weighted by Crippen LogP contribution is 2.25. The second-order valence-electron chi connectivity index (χ2n) is 3.31. The standard InChI is InChI=1S/C9H12F3NO2S/c1-16-3-2-6-5-15-8(14)4-7(13-6)9(10,11)12/h4,6,13H,2-3,5H2,1H3/t6-/m0/s1. The molecule has 0 radical (unpaired) electrons. The number of allylic oxidation sites excluding steroid dienone is 1. The highest BCUT2D eigenvalue weighted by atomic mass is 32.2. The van der Waals surface area contributed by atoms with Gasteiger partial charge in [-0.3, -0.25) is 0 Å². The zero-order valence-electron chi connectivity index (χ0n) is 8.63. The van der Waals surface area contributed by atoms with E-state index in [4.69, 9.17) is 0 Å². The van der Waals surface area contributed by atoms with Crippen LogP contribution in [0.15, 0.2) is 11.8 Å². The minimum Gasteiger partial charge on any atom is -0.460 e. The van der Waals surface area contributed by atoms with Crippen molar-refractivity contribution in [1.29, 1.82) is 0 Å². The molecule has 16 heavy (non-hydrogen) atoms. The van der Waals surface area contributed by atoms with E-state index in [9.17, 15) is 18.0 Å². The van der Waals surface area contributed by atoms with Crippen LogP contribution in [0.3, 0.4) is 0 Å². The minimum absolute atomic E-state index is 0.0323. The van der Waals surface area contributed by atoms with Crippen LogP contribution in [0.1, 0.15) is 6.42 Å². The Bertz CT molecular complexity index is 291. The number of rotatable bonds is 3. The monoisotopic (exact) mass is 255 g/mol. The maximum absolute atomic E-state index is 12.4. The second-order valence-corrected chi connectivity index (χ2v) is 4.29. The lowest BCUT2D eigenvalue weighted by Crippen LogP contribution is -2.36. The Balaban J connectivity index is 2.70. The molecule has 1 atom stereocenters. The number of thioether (sulfide) groups is 1. The molecule has 1 heterocycles. The molecule has 0 saturated carbocycles. The molecule has 3 nitrogen and oxygen atoms in total. The lowest BCUT2D eigenvalue weighted by Gasteiger charge is -2.19. The van der Waals surface area contributed by atoms with Gasteiger partial charge in [-0.2, -0.15) is 24.9 Å². The van der Waals surface area contributed by atoms with Crippen LogP contribution in [0.2, 0.25) is 0 Å². The van der Waals surface area contributed by atoms with Crippen molar-refractivity contribution in [3.63, 3.8) is 0 Å². The van der Waals surface area contributed by atoms with Crippen molar-refractivity contribution < 1.29 is 22.7 Å². The van der Waals surface area contributed by atoms with Gasteiger partial charge in [-0.25, -0.2) is 4.79 Å². The molecule has 92 valence electrons. The predicted octanol–water partition coefficient (Wildman–Crippen LogP) is 1.70. The maximum atomic E-state index is 12.4. The van der Waals surface area contributed by atoms with Gasteiger partial charge in [0.15, 0.2) is 0 Å². The topological polar surface area (TPSA) is 38.3 Å². The molecule has 1 aliphatic rings. The number of hydrogen-bond acceptors (Lipinski definition) is 4. The number of nitrogens with one attached hydrogen (secondary N) is 1. The van der Waals surface area contributed by atoms with Gasteiger partial charge in [-0.15, -0.1) is 0 Å². The average Bonchev–Trinajstić information content (AvgIpc) is 2.36. The number of carbonyl (C=O) groups is 1. The van der Waals surface area contributed by atoms with Crippen molar-refractivity contribution in [3.8, 4) is 0 Å². The summed E-state index contributed by atoms with van der Waals surface area (Å²) in [4.78, 5) is 10.9. The number of ether oxygens (including phenoxy) is 1. The highest BCUT2D eigenvalue weighted by Gasteiger charge is 2.37. The van der Waals surface area contributed by atoms with E-state index in [1.54, 1.807) is 0 Å². The quantitative estimate of drug-likeness (QED) is 0.779. The van der Waals surface area contributed by atoms with E-state index in [-0.39, 0.29) is 6.61 Å². The fraction of sp³-hybridized carbons (Fsp3) is 0.667. The number of halogens is 3. The summed E-state index contributed by atoms with van der Waals surface area (Å²) in [5, 5.41) is 2.30. The van der Waals surface area contributed by atoms with E-state index in [1.807, 2.05) is 6.26 Å². The van der Waals surface area contributed by atoms with Crippen LogP contribution in [-0.2, 0) is 9.53 Å². The predicted molar refractivity (Wildman–Crippen MR) is 55.0 cm³/mol. The van der Waals surface area contributed by atoms with E-state index < -0.39 is 23.9 Å². The average molecular weight is 255 g/mol. The first-order valence-corrected chi connectivity index (χ1v) is 6.04. The van der Waals surface area contributed by atoms with Gasteiger partial charge in [0.1, 0.15) is 12.3 Å². The fourth-order valence-corrected chi connectivity index (χ4v) is 1.74. The first-order valence-electron chi connectivity index (χ1n) is 4.64.